The molecule has 0 saturated carbocycles. The van der Waals surface area contributed by atoms with E-state index in [9.17, 15) is 4.79 Å². The lowest BCUT2D eigenvalue weighted by molar-refractivity contribution is -0.134. The summed E-state index contributed by atoms with van der Waals surface area (Å²) in [4.78, 5) is 30.4. The number of carbonyl (C=O) groups excluding carboxylic acids is 1. The maximum Gasteiger partial charge on any atom is 0.236 e. The van der Waals surface area contributed by atoms with Crippen LogP contribution in [0.5, 0.6) is 0 Å². The average Bonchev–Trinajstić information content (AvgIpc) is 2.75. The normalized spacial score (nSPS) is 20.9. The van der Waals surface area contributed by atoms with Crippen molar-refractivity contribution in [2.45, 2.75) is 45.4 Å². The van der Waals surface area contributed by atoms with Gasteiger partial charge in [0.2, 0.25) is 11.9 Å². The fraction of sp³-hybridized carbons (Fsp3) is 0.565. The lowest BCUT2D eigenvalue weighted by atomic mass is 9.93. The van der Waals surface area contributed by atoms with Gasteiger partial charge in [-0.1, -0.05) is 6.92 Å². The van der Waals surface area contributed by atoms with Crippen molar-refractivity contribution in [3.8, 4) is 0 Å². The maximum absolute atomic E-state index is 12.8. The molecule has 1 atom stereocenters. The molecule has 4 heterocycles. The number of anilines is 2. The Hall–Kier alpha value is -2.54. The van der Waals surface area contributed by atoms with E-state index in [1.54, 1.807) is 18.5 Å². The van der Waals surface area contributed by atoms with Gasteiger partial charge in [0.15, 0.2) is 0 Å². The zero-order valence-corrected chi connectivity index (χ0v) is 18.0. The number of carbonyl (C=O) groups is 1. The number of hydrogen-bond acceptors (Lipinski definition) is 6. The monoisotopic (exact) mass is 408 g/mol. The highest BCUT2D eigenvalue weighted by Gasteiger charge is 2.27. The number of nitrogens with one attached hydrogen (secondary N) is 1. The smallest absolute Gasteiger partial charge is 0.236 e. The van der Waals surface area contributed by atoms with Crippen molar-refractivity contribution in [1.82, 2.24) is 24.8 Å². The fourth-order valence-electron chi connectivity index (χ4n) is 4.46. The summed E-state index contributed by atoms with van der Waals surface area (Å²) in [6, 6.07) is 5.92. The molecule has 2 aromatic heterocycles. The third kappa shape index (κ3) is 5.33. The quantitative estimate of drug-likeness (QED) is 0.818. The third-order valence-corrected chi connectivity index (χ3v) is 6.21. The van der Waals surface area contributed by atoms with Crippen LogP contribution in [0, 0.1) is 12.8 Å². The lowest BCUT2D eigenvalue weighted by Crippen LogP contribution is -2.46. The number of nitrogens with zero attached hydrogens (tertiary/aromatic N) is 5. The van der Waals surface area contributed by atoms with E-state index in [0.717, 1.165) is 74.9 Å². The van der Waals surface area contributed by atoms with Gasteiger partial charge in [-0.25, -0.2) is 9.97 Å². The number of piperidine rings is 2. The molecule has 0 unspecified atom stereocenters. The molecule has 2 aliphatic heterocycles. The molecule has 0 spiro atoms. The van der Waals surface area contributed by atoms with E-state index in [0.29, 0.717) is 18.4 Å². The van der Waals surface area contributed by atoms with Gasteiger partial charge in [0.25, 0.3) is 0 Å². The number of aryl methyl sites for hydroxylation is 1. The van der Waals surface area contributed by atoms with E-state index in [1.165, 1.54) is 0 Å². The first-order valence-corrected chi connectivity index (χ1v) is 11.1. The molecule has 1 amide bonds. The average molecular weight is 409 g/mol. The van der Waals surface area contributed by atoms with Crippen molar-refractivity contribution in [2.75, 3.05) is 38.0 Å². The molecule has 2 fully saturated rings. The minimum atomic E-state index is 0.281. The van der Waals surface area contributed by atoms with Crippen LogP contribution in [0.2, 0.25) is 0 Å². The number of amides is 1. The summed E-state index contributed by atoms with van der Waals surface area (Å²) in [6.07, 6.45) is 7.90. The first-order valence-electron chi connectivity index (χ1n) is 11.1. The predicted molar refractivity (Wildman–Crippen MR) is 118 cm³/mol. The number of hydrogen-bond donors (Lipinski definition) is 1. The Labute approximate surface area is 178 Å². The van der Waals surface area contributed by atoms with Gasteiger partial charge in [-0.2, -0.15) is 0 Å². The van der Waals surface area contributed by atoms with Crippen LogP contribution in [0.25, 0.3) is 0 Å². The first-order chi connectivity index (χ1) is 14.6. The SMILES string of the molecule is Cc1cc(Nc2ncccn2)cc([C@H]2CCCN(CC(=O)N3CCC(C)CC3)C2)n1. The highest BCUT2D eigenvalue weighted by molar-refractivity contribution is 5.78. The van der Waals surface area contributed by atoms with E-state index >= 15 is 0 Å². The molecule has 30 heavy (non-hydrogen) atoms. The van der Waals surface area contributed by atoms with E-state index in [4.69, 9.17) is 4.98 Å². The fourth-order valence-corrected chi connectivity index (χ4v) is 4.46. The zero-order chi connectivity index (χ0) is 20.9. The van der Waals surface area contributed by atoms with E-state index < -0.39 is 0 Å². The topological polar surface area (TPSA) is 74.2 Å². The molecule has 0 bridgehead atoms. The van der Waals surface area contributed by atoms with Gasteiger partial charge in [0.05, 0.1) is 6.54 Å². The summed E-state index contributed by atoms with van der Waals surface area (Å²) in [7, 11) is 0. The van der Waals surface area contributed by atoms with Gasteiger partial charge >= 0.3 is 0 Å². The van der Waals surface area contributed by atoms with Gasteiger partial charge in [0.1, 0.15) is 0 Å². The molecule has 0 radical (unpaired) electrons. The standard InChI is InChI=1S/C23H32N6O/c1-17-6-11-29(12-7-17)22(30)16-28-10-3-5-19(15-28)21-14-20(13-18(2)26-21)27-23-24-8-4-9-25-23/h4,8-9,13-14,17,19H,3,5-7,10-12,15-16H2,1-2H3,(H,24,25,26,27)/t19-/m0/s1. The highest BCUT2D eigenvalue weighted by Crippen LogP contribution is 2.28. The third-order valence-electron chi connectivity index (χ3n) is 6.21. The molecule has 2 saturated heterocycles. The van der Waals surface area contributed by atoms with Crippen LogP contribution >= 0.6 is 0 Å². The molecule has 7 nitrogen and oxygen atoms in total. The molecule has 2 aliphatic rings. The summed E-state index contributed by atoms with van der Waals surface area (Å²) < 4.78 is 0. The molecule has 0 aliphatic carbocycles. The lowest BCUT2D eigenvalue weighted by Gasteiger charge is -2.35. The summed E-state index contributed by atoms with van der Waals surface area (Å²) >= 11 is 0. The van der Waals surface area contributed by atoms with Crippen LogP contribution in [0.1, 0.15) is 49.9 Å². The molecule has 160 valence electrons. The predicted octanol–water partition coefficient (Wildman–Crippen LogP) is 3.36. The Balaban J connectivity index is 1.39. The second-order valence-corrected chi connectivity index (χ2v) is 8.76. The van der Waals surface area contributed by atoms with E-state index in [2.05, 4.69) is 38.1 Å². The molecule has 7 heteroatoms. The molecule has 1 N–H and O–H groups in total. The molecule has 4 rings (SSSR count). The Morgan fingerprint density at radius 2 is 1.90 bits per heavy atom. The summed E-state index contributed by atoms with van der Waals surface area (Å²) in [6.45, 7) is 8.51. The van der Waals surface area contributed by atoms with Crippen LogP contribution in [0.3, 0.4) is 0 Å². The van der Waals surface area contributed by atoms with Gasteiger partial charge in [0, 0.05) is 55.0 Å². The van der Waals surface area contributed by atoms with Crippen LogP contribution in [0.4, 0.5) is 11.6 Å². The van der Waals surface area contributed by atoms with Crippen molar-refractivity contribution in [3.63, 3.8) is 0 Å². The molecular weight excluding hydrogens is 376 g/mol. The van der Waals surface area contributed by atoms with Gasteiger partial charge < -0.3 is 10.2 Å². The van der Waals surface area contributed by atoms with Crippen molar-refractivity contribution in [2.24, 2.45) is 5.92 Å². The van der Waals surface area contributed by atoms with E-state index in [1.807, 2.05) is 13.0 Å². The number of likely N-dealkylation sites (tertiary alicyclic amines) is 2. The zero-order valence-electron chi connectivity index (χ0n) is 18.0. The van der Waals surface area contributed by atoms with Crippen molar-refractivity contribution in [1.29, 1.82) is 0 Å². The van der Waals surface area contributed by atoms with Crippen molar-refractivity contribution < 1.29 is 4.79 Å². The van der Waals surface area contributed by atoms with Crippen molar-refractivity contribution in [3.05, 3.63) is 42.0 Å². The van der Waals surface area contributed by atoms with Gasteiger partial charge in [-0.05, 0) is 63.3 Å². The highest BCUT2D eigenvalue weighted by atomic mass is 16.2. The van der Waals surface area contributed by atoms with Crippen molar-refractivity contribution >= 4 is 17.5 Å². The minimum absolute atomic E-state index is 0.281. The number of rotatable bonds is 5. The molecule has 0 aromatic carbocycles. The van der Waals surface area contributed by atoms with Crippen LogP contribution < -0.4 is 5.32 Å². The molecule has 2 aromatic rings. The summed E-state index contributed by atoms with van der Waals surface area (Å²) in [5.74, 6) is 1.94. The number of pyridine rings is 1. The van der Waals surface area contributed by atoms with Gasteiger partial charge in [-0.3, -0.25) is 14.7 Å². The minimum Gasteiger partial charge on any atom is -0.342 e. The summed E-state index contributed by atoms with van der Waals surface area (Å²) in [5, 5.41) is 3.28. The van der Waals surface area contributed by atoms with E-state index in [-0.39, 0.29) is 5.91 Å². The number of aromatic nitrogens is 3. The van der Waals surface area contributed by atoms with Crippen LogP contribution in [0.15, 0.2) is 30.6 Å². The second-order valence-electron chi connectivity index (χ2n) is 8.76. The Morgan fingerprint density at radius 3 is 2.67 bits per heavy atom. The molecular formula is C23H32N6O. The Morgan fingerprint density at radius 1 is 1.13 bits per heavy atom. The van der Waals surface area contributed by atoms with Gasteiger partial charge in [-0.15, -0.1) is 0 Å². The largest absolute Gasteiger partial charge is 0.342 e. The summed E-state index contributed by atoms with van der Waals surface area (Å²) in [5.41, 5.74) is 3.01. The van der Waals surface area contributed by atoms with Crippen LogP contribution in [-0.4, -0.2) is 63.4 Å². The second kappa shape index (κ2) is 9.51. The Kier molecular flexibility index (Phi) is 6.57. The maximum atomic E-state index is 12.8. The first kappa shape index (κ1) is 20.7. The Bertz CT molecular complexity index is 850. The van der Waals surface area contributed by atoms with Crippen LogP contribution in [-0.2, 0) is 4.79 Å².